The summed E-state index contributed by atoms with van der Waals surface area (Å²) in [5.41, 5.74) is 6.57. The van der Waals surface area contributed by atoms with E-state index in [1.54, 1.807) is 25.1 Å². The second-order valence-corrected chi connectivity index (χ2v) is 4.19. The van der Waals surface area contributed by atoms with Crippen LogP contribution in [-0.2, 0) is 9.53 Å². The summed E-state index contributed by atoms with van der Waals surface area (Å²) in [6, 6.07) is 4.55. The maximum absolute atomic E-state index is 11.2. The van der Waals surface area contributed by atoms with Gasteiger partial charge in [0.25, 0.3) is 0 Å². The van der Waals surface area contributed by atoms with E-state index in [9.17, 15) is 4.79 Å². The first-order chi connectivity index (χ1) is 7.52. The maximum atomic E-state index is 11.2. The highest BCUT2D eigenvalue weighted by Gasteiger charge is 2.13. The molecular formula is C11H14Cl3NO2. The summed E-state index contributed by atoms with van der Waals surface area (Å²) in [4.78, 5) is 11.2. The van der Waals surface area contributed by atoms with E-state index in [-0.39, 0.29) is 24.8 Å². The van der Waals surface area contributed by atoms with Crippen molar-refractivity contribution in [1.29, 1.82) is 0 Å². The fraction of sp³-hybridized carbons (Fsp3) is 0.364. The SMILES string of the molecule is CCOC(=O)C[C@@H](N)c1cc(Cl)cc(Cl)c1.Cl. The minimum atomic E-state index is -0.449. The lowest BCUT2D eigenvalue weighted by molar-refractivity contribution is -0.143. The number of esters is 1. The van der Waals surface area contributed by atoms with Gasteiger partial charge in [0, 0.05) is 16.1 Å². The second-order valence-electron chi connectivity index (χ2n) is 3.32. The molecule has 0 bridgehead atoms. The topological polar surface area (TPSA) is 52.3 Å². The Labute approximate surface area is 117 Å². The summed E-state index contributed by atoms with van der Waals surface area (Å²) in [6.45, 7) is 2.10. The summed E-state index contributed by atoms with van der Waals surface area (Å²) in [7, 11) is 0. The Bertz CT molecular complexity index is 365. The summed E-state index contributed by atoms with van der Waals surface area (Å²) >= 11 is 11.7. The van der Waals surface area contributed by atoms with Crippen LogP contribution in [-0.4, -0.2) is 12.6 Å². The molecule has 17 heavy (non-hydrogen) atoms. The molecule has 0 aromatic heterocycles. The fourth-order valence-electron chi connectivity index (χ4n) is 1.31. The normalized spacial score (nSPS) is 11.5. The third-order valence-corrected chi connectivity index (χ3v) is 2.44. The Morgan fingerprint density at radius 3 is 2.35 bits per heavy atom. The van der Waals surface area contributed by atoms with Crippen LogP contribution in [0.4, 0.5) is 0 Å². The van der Waals surface area contributed by atoms with Crippen LogP contribution in [0.2, 0.25) is 10.0 Å². The predicted octanol–water partition coefficient (Wildman–Crippen LogP) is 3.37. The first-order valence-electron chi connectivity index (χ1n) is 4.90. The molecule has 0 radical (unpaired) electrons. The molecular weight excluding hydrogens is 284 g/mol. The number of carbonyl (C=O) groups is 1. The zero-order chi connectivity index (χ0) is 12.1. The zero-order valence-corrected chi connectivity index (χ0v) is 11.6. The van der Waals surface area contributed by atoms with Crippen LogP contribution in [0.25, 0.3) is 0 Å². The van der Waals surface area contributed by atoms with Gasteiger partial charge in [-0.25, -0.2) is 0 Å². The minimum absolute atomic E-state index is 0. The van der Waals surface area contributed by atoms with Crippen LogP contribution in [0, 0.1) is 0 Å². The lowest BCUT2D eigenvalue weighted by Crippen LogP contribution is -2.17. The lowest BCUT2D eigenvalue weighted by atomic mass is 10.1. The van der Waals surface area contributed by atoms with Crippen LogP contribution < -0.4 is 5.73 Å². The largest absolute Gasteiger partial charge is 0.466 e. The smallest absolute Gasteiger partial charge is 0.307 e. The monoisotopic (exact) mass is 297 g/mol. The Hall–Kier alpha value is -0.480. The number of rotatable bonds is 4. The third-order valence-electron chi connectivity index (χ3n) is 2.00. The quantitative estimate of drug-likeness (QED) is 0.867. The van der Waals surface area contributed by atoms with E-state index < -0.39 is 6.04 Å². The van der Waals surface area contributed by atoms with Gasteiger partial charge in [-0.05, 0) is 30.7 Å². The molecule has 0 unspecified atom stereocenters. The van der Waals surface area contributed by atoms with E-state index in [1.165, 1.54) is 0 Å². The zero-order valence-electron chi connectivity index (χ0n) is 9.28. The molecule has 0 heterocycles. The number of hydrogen-bond acceptors (Lipinski definition) is 3. The average molecular weight is 299 g/mol. The molecule has 1 rings (SSSR count). The van der Waals surface area contributed by atoms with Gasteiger partial charge in [-0.1, -0.05) is 23.2 Å². The number of carbonyl (C=O) groups excluding carboxylic acids is 1. The highest BCUT2D eigenvalue weighted by molar-refractivity contribution is 6.34. The Kier molecular flexibility index (Phi) is 7.55. The molecule has 0 aliphatic carbocycles. The summed E-state index contributed by atoms with van der Waals surface area (Å²) in [5.74, 6) is -0.328. The van der Waals surface area contributed by atoms with E-state index in [4.69, 9.17) is 33.7 Å². The van der Waals surface area contributed by atoms with E-state index in [0.717, 1.165) is 5.56 Å². The van der Waals surface area contributed by atoms with Crippen molar-refractivity contribution in [1.82, 2.24) is 0 Å². The molecule has 6 heteroatoms. The van der Waals surface area contributed by atoms with Gasteiger partial charge in [0.1, 0.15) is 0 Å². The van der Waals surface area contributed by atoms with Gasteiger partial charge in [0.05, 0.1) is 13.0 Å². The maximum Gasteiger partial charge on any atom is 0.307 e. The van der Waals surface area contributed by atoms with Gasteiger partial charge in [-0.2, -0.15) is 0 Å². The van der Waals surface area contributed by atoms with E-state index in [0.29, 0.717) is 16.7 Å². The number of halogens is 3. The molecule has 3 nitrogen and oxygen atoms in total. The van der Waals surface area contributed by atoms with Gasteiger partial charge in [-0.15, -0.1) is 12.4 Å². The van der Waals surface area contributed by atoms with E-state index in [2.05, 4.69) is 0 Å². The molecule has 2 N–H and O–H groups in total. The summed E-state index contributed by atoms with van der Waals surface area (Å²) in [6.07, 6.45) is 0.116. The predicted molar refractivity (Wildman–Crippen MR) is 71.9 cm³/mol. The van der Waals surface area contributed by atoms with Crippen molar-refractivity contribution >= 4 is 41.6 Å². The fourth-order valence-corrected chi connectivity index (χ4v) is 1.85. The lowest BCUT2D eigenvalue weighted by Gasteiger charge is -2.12. The Morgan fingerprint density at radius 2 is 1.88 bits per heavy atom. The molecule has 0 aliphatic rings. The van der Waals surface area contributed by atoms with Crippen LogP contribution in [0.1, 0.15) is 24.9 Å². The molecule has 1 aromatic carbocycles. The number of benzene rings is 1. The van der Waals surface area contributed by atoms with Crippen molar-refractivity contribution in [2.24, 2.45) is 5.73 Å². The van der Waals surface area contributed by atoms with Crippen molar-refractivity contribution in [3.63, 3.8) is 0 Å². The highest BCUT2D eigenvalue weighted by atomic mass is 35.5. The van der Waals surface area contributed by atoms with Crippen molar-refractivity contribution in [2.45, 2.75) is 19.4 Å². The van der Waals surface area contributed by atoms with Crippen molar-refractivity contribution in [3.05, 3.63) is 33.8 Å². The molecule has 0 fully saturated rings. The summed E-state index contributed by atoms with van der Waals surface area (Å²) in [5, 5.41) is 1.00. The van der Waals surface area contributed by atoms with Gasteiger partial charge >= 0.3 is 5.97 Å². The first kappa shape index (κ1) is 16.5. The minimum Gasteiger partial charge on any atom is -0.466 e. The number of nitrogens with two attached hydrogens (primary N) is 1. The van der Waals surface area contributed by atoms with Crippen LogP contribution in [0.5, 0.6) is 0 Å². The average Bonchev–Trinajstić information content (AvgIpc) is 2.16. The second kappa shape index (κ2) is 7.77. The van der Waals surface area contributed by atoms with Crippen LogP contribution >= 0.6 is 35.6 Å². The van der Waals surface area contributed by atoms with Crippen LogP contribution in [0.15, 0.2) is 18.2 Å². The van der Waals surface area contributed by atoms with Crippen molar-refractivity contribution in [2.75, 3.05) is 6.61 Å². The molecule has 96 valence electrons. The molecule has 1 atom stereocenters. The first-order valence-corrected chi connectivity index (χ1v) is 5.65. The Morgan fingerprint density at radius 1 is 1.35 bits per heavy atom. The molecule has 0 amide bonds. The summed E-state index contributed by atoms with van der Waals surface area (Å²) < 4.78 is 4.81. The highest BCUT2D eigenvalue weighted by Crippen LogP contribution is 2.24. The van der Waals surface area contributed by atoms with Crippen molar-refractivity contribution in [3.8, 4) is 0 Å². The van der Waals surface area contributed by atoms with Gasteiger partial charge in [-0.3, -0.25) is 4.79 Å². The van der Waals surface area contributed by atoms with Gasteiger partial charge < -0.3 is 10.5 Å². The van der Waals surface area contributed by atoms with E-state index in [1.807, 2.05) is 0 Å². The molecule has 1 aromatic rings. The molecule has 0 aliphatic heterocycles. The van der Waals surface area contributed by atoms with Gasteiger partial charge in [0.2, 0.25) is 0 Å². The molecule has 0 spiro atoms. The number of ether oxygens (including phenoxy) is 1. The van der Waals surface area contributed by atoms with Crippen LogP contribution in [0.3, 0.4) is 0 Å². The number of hydrogen-bond donors (Lipinski definition) is 1. The third kappa shape index (κ3) is 5.59. The molecule has 0 saturated heterocycles. The Balaban J connectivity index is 0.00000256. The van der Waals surface area contributed by atoms with Crippen molar-refractivity contribution < 1.29 is 9.53 Å². The standard InChI is InChI=1S/C11H13Cl2NO2.ClH/c1-2-16-11(15)6-10(14)7-3-8(12)5-9(13)4-7;/h3-5,10H,2,6,14H2,1H3;1H/t10-;/m1./s1. The molecule has 0 saturated carbocycles. The van der Waals surface area contributed by atoms with Gasteiger partial charge in [0.15, 0.2) is 0 Å². The van der Waals surface area contributed by atoms with E-state index >= 15 is 0 Å².